The van der Waals surface area contributed by atoms with Crippen LogP contribution in [-0.2, 0) is 10.2 Å². The highest BCUT2D eigenvalue weighted by atomic mass is 32.2. The van der Waals surface area contributed by atoms with E-state index in [1.165, 1.54) is 10.4 Å². The van der Waals surface area contributed by atoms with Gasteiger partial charge in [0.15, 0.2) is 0 Å². The summed E-state index contributed by atoms with van der Waals surface area (Å²) in [6.45, 7) is 2.68. The molecule has 2 rings (SSSR count). The summed E-state index contributed by atoms with van der Waals surface area (Å²) in [4.78, 5) is 11.0. The molecule has 0 amide bonds. The lowest BCUT2D eigenvalue weighted by atomic mass is 10.1. The molecule has 0 aromatic heterocycles. The maximum absolute atomic E-state index is 12.0. The molecule has 0 spiro atoms. The van der Waals surface area contributed by atoms with E-state index < -0.39 is 16.2 Å². The third kappa shape index (κ3) is 3.05. The molecule has 0 unspecified atom stereocenters. The van der Waals surface area contributed by atoms with E-state index in [2.05, 4.69) is 4.72 Å². The normalized spacial score (nSPS) is 16.5. The Morgan fingerprint density at radius 1 is 1.32 bits per heavy atom. The summed E-state index contributed by atoms with van der Waals surface area (Å²) in [5.74, 6) is -1.07. The van der Waals surface area contributed by atoms with Gasteiger partial charge in [-0.15, -0.1) is 0 Å². The molecule has 1 aromatic carbocycles. The van der Waals surface area contributed by atoms with Gasteiger partial charge in [0.2, 0.25) is 0 Å². The number of nitrogens with one attached hydrogen (secondary N) is 1. The van der Waals surface area contributed by atoms with Crippen molar-refractivity contribution in [3.8, 4) is 0 Å². The molecule has 0 aliphatic carbocycles. The van der Waals surface area contributed by atoms with Gasteiger partial charge in [-0.3, -0.25) is 4.72 Å². The molecule has 1 heterocycles. The first-order valence-electron chi connectivity index (χ1n) is 6.02. The highest BCUT2D eigenvalue weighted by Gasteiger charge is 2.25. The van der Waals surface area contributed by atoms with Crippen LogP contribution in [0.3, 0.4) is 0 Å². The quantitative estimate of drug-likeness (QED) is 0.876. The predicted octanol–water partition coefficient (Wildman–Crippen LogP) is 1.45. The topological polar surface area (TPSA) is 86.7 Å². The number of carboxylic acids is 1. The van der Waals surface area contributed by atoms with Gasteiger partial charge >= 0.3 is 16.2 Å². The van der Waals surface area contributed by atoms with Crippen LogP contribution >= 0.6 is 0 Å². The molecule has 1 aromatic rings. The third-order valence-electron chi connectivity index (χ3n) is 3.12. The number of benzene rings is 1. The highest BCUT2D eigenvalue weighted by Crippen LogP contribution is 2.19. The Bertz CT molecular complexity index is 592. The lowest BCUT2D eigenvalue weighted by Crippen LogP contribution is -2.33. The summed E-state index contributed by atoms with van der Waals surface area (Å²) in [6, 6.07) is 4.49. The summed E-state index contributed by atoms with van der Waals surface area (Å²) in [5, 5.41) is 9.01. The number of hydrogen-bond acceptors (Lipinski definition) is 3. The molecule has 0 bridgehead atoms. The molecular weight excluding hydrogens is 268 g/mol. The van der Waals surface area contributed by atoms with Crippen LogP contribution in [0, 0.1) is 6.92 Å². The molecule has 19 heavy (non-hydrogen) atoms. The van der Waals surface area contributed by atoms with Crippen LogP contribution in [0.25, 0.3) is 0 Å². The summed E-state index contributed by atoms with van der Waals surface area (Å²) in [5.41, 5.74) is 0.966. The van der Waals surface area contributed by atoms with E-state index in [0.717, 1.165) is 12.8 Å². The smallest absolute Gasteiger partial charge is 0.336 e. The molecule has 0 saturated carbocycles. The fourth-order valence-electron chi connectivity index (χ4n) is 2.06. The molecule has 6 nitrogen and oxygen atoms in total. The van der Waals surface area contributed by atoms with E-state index in [1.807, 2.05) is 0 Å². The van der Waals surface area contributed by atoms with Crippen LogP contribution < -0.4 is 4.72 Å². The number of nitrogens with zero attached hydrogens (tertiary/aromatic N) is 1. The van der Waals surface area contributed by atoms with Crippen molar-refractivity contribution in [2.24, 2.45) is 0 Å². The molecule has 1 fully saturated rings. The zero-order valence-electron chi connectivity index (χ0n) is 10.6. The lowest BCUT2D eigenvalue weighted by Gasteiger charge is -2.17. The van der Waals surface area contributed by atoms with Crippen LogP contribution in [0.1, 0.15) is 28.8 Å². The van der Waals surface area contributed by atoms with Crippen molar-refractivity contribution in [3.05, 3.63) is 29.3 Å². The molecular formula is C12H16N2O4S. The highest BCUT2D eigenvalue weighted by molar-refractivity contribution is 7.90. The molecule has 0 radical (unpaired) electrons. The summed E-state index contributed by atoms with van der Waals surface area (Å²) >= 11 is 0. The molecule has 7 heteroatoms. The first-order chi connectivity index (χ1) is 8.90. The number of carbonyl (C=O) groups is 1. The summed E-state index contributed by atoms with van der Waals surface area (Å²) in [7, 11) is -3.58. The number of aryl methyl sites for hydroxylation is 1. The molecule has 0 atom stereocenters. The van der Waals surface area contributed by atoms with Crippen molar-refractivity contribution in [1.82, 2.24) is 4.31 Å². The summed E-state index contributed by atoms with van der Waals surface area (Å²) < 4.78 is 27.9. The van der Waals surface area contributed by atoms with Crippen molar-refractivity contribution in [2.75, 3.05) is 17.8 Å². The zero-order valence-corrected chi connectivity index (χ0v) is 11.4. The van der Waals surface area contributed by atoms with Gasteiger partial charge in [0, 0.05) is 13.1 Å². The van der Waals surface area contributed by atoms with Gasteiger partial charge < -0.3 is 5.11 Å². The zero-order chi connectivity index (χ0) is 14.0. The van der Waals surface area contributed by atoms with E-state index >= 15 is 0 Å². The number of carboxylic acid groups (broad SMARTS) is 1. The maximum atomic E-state index is 12.0. The van der Waals surface area contributed by atoms with Gasteiger partial charge in [-0.05, 0) is 37.5 Å². The van der Waals surface area contributed by atoms with E-state index in [0.29, 0.717) is 18.7 Å². The second kappa shape index (κ2) is 5.18. The fraction of sp³-hybridized carbons (Fsp3) is 0.417. The van der Waals surface area contributed by atoms with Crippen molar-refractivity contribution >= 4 is 21.9 Å². The minimum atomic E-state index is -3.58. The SMILES string of the molecule is Cc1ccc(NS(=O)(=O)N2CCCC2)cc1C(=O)O. The number of hydrogen-bond donors (Lipinski definition) is 2. The molecule has 2 N–H and O–H groups in total. The van der Waals surface area contributed by atoms with E-state index in [1.54, 1.807) is 19.1 Å². The minimum absolute atomic E-state index is 0.0987. The Morgan fingerprint density at radius 2 is 1.95 bits per heavy atom. The van der Waals surface area contributed by atoms with Crippen LogP contribution in [0.5, 0.6) is 0 Å². The lowest BCUT2D eigenvalue weighted by molar-refractivity contribution is 0.0696. The van der Waals surface area contributed by atoms with Crippen LogP contribution in [0.2, 0.25) is 0 Å². The average Bonchev–Trinajstić information content (AvgIpc) is 2.85. The van der Waals surface area contributed by atoms with Gasteiger partial charge in [0.1, 0.15) is 0 Å². The number of aromatic carboxylic acids is 1. The van der Waals surface area contributed by atoms with Crippen molar-refractivity contribution in [2.45, 2.75) is 19.8 Å². The van der Waals surface area contributed by atoms with Crippen LogP contribution in [0.4, 0.5) is 5.69 Å². The predicted molar refractivity (Wildman–Crippen MR) is 71.5 cm³/mol. The van der Waals surface area contributed by atoms with E-state index in [9.17, 15) is 13.2 Å². The molecule has 1 aliphatic rings. The molecule has 104 valence electrons. The van der Waals surface area contributed by atoms with Crippen molar-refractivity contribution in [3.63, 3.8) is 0 Å². The van der Waals surface area contributed by atoms with Crippen LogP contribution in [-0.4, -0.2) is 36.9 Å². The summed E-state index contributed by atoms with van der Waals surface area (Å²) in [6.07, 6.45) is 1.71. The van der Waals surface area contributed by atoms with Gasteiger partial charge in [-0.1, -0.05) is 6.07 Å². The van der Waals surface area contributed by atoms with Gasteiger partial charge in [-0.2, -0.15) is 12.7 Å². The Kier molecular flexibility index (Phi) is 3.77. The van der Waals surface area contributed by atoms with Gasteiger partial charge in [0.05, 0.1) is 11.3 Å². The van der Waals surface area contributed by atoms with Crippen molar-refractivity contribution in [1.29, 1.82) is 0 Å². The van der Waals surface area contributed by atoms with Crippen LogP contribution in [0.15, 0.2) is 18.2 Å². The van der Waals surface area contributed by atoms with Gasteiger partial charge in [0.25, 0.3) is 0 Å². The Labute approximate surface area is 112 Å². The number of anilines is 1. The average molecular weight is 284 g/mol. The Morgan fingerprint density at radius 3 is 2.53 bits per heavy atom. The Hall–Kier alpha value is -1.60. The minimum Gasteiger partial charge on any atom is -0.478 e. The standard InChI is InChI=1S/C12H16N2O4S/c1-9-4-5-10(8-11(9)12(15)16)13-19(17,18)14-6-2-3-7-14/h4-5,8,13H,2-3,6-7H2,1H3,(H,15,16). The second-order valence-corrected chi connectivity index (χ2v) is 6.22. The fourth-order valence-corrected chi connectivity index (χ4v) is 3.35. The monoisotopic (exact) mass is 284 g/mol. The second-order valence-electron chi connectivity index (χ2n) is 4.55. The molecule has 1 aliphatic heterocycles. The third-order valence-corrected chi connectivity index (χ3v) is 4.66. The molecule has 1 saturated heterocycles. The Balaban J connectivity index is 2.23. The van der Waals surface area contributed by atoms with E-state index in [4.69, 9.17) is 5.11 Å². The van der Waals surface area contributed by atoms with Gasteiger partial charge in [-0.25, -0.2) is 4.79 Å². The van der Waals surface area contributed by atoms with Crippen molar-refractivity contribution < 1.29 is 18.3 Å². The largest absolute Gasteiger partial charge is 0.478 e. The first kappa shape index (κ1) is 13.8. The first-order valence-corrected chi connectivity index (χ1v) is 7.46. The van der Waals surface area contributed by atoms with E-state index in [-0.39, 0.29) is 11.3 Å². The number of rotatable bonds is 4. The maximum Gasteiger partial charge on any atom is 0.336 e.